The summed E-state index contributed by atoms with van der Waals surface area (Å²) in [4.78, 5) is 13.6. The summed E-state index contributed by atoms with van der Waals surface area (Å²) in [5.74, 6) is 0.905. The number of nitrogens with two attached hydrogens (primary N) is 1. The van der Waals surface area contributed by atoms with Crippen LogP contribution >= 0.6 is 0 Å². The Bertz CT molecular complexity index is 508. The smallest absolute Gasteiger partial charge is 0.224 e. The number of nitrogens with zero attached hydrogens (tertiary/aromatic N) is 1. The Kier molecular flexibility index (Phi) is 3.09. The van der Waals surface area contributed by atoms with Crippen LogP contribution in [0, 0.1) is 5.92 Å². The third-order valence-corrected chi connectivity index (χ3v) is 4.32. The number of rotatable bonds is 3. The van der Waals surface area contributed by atoms with Gasteiger partial charge in [-0.3, -0.25) is 4.79 Å². The molecule has 102 valence electrons. The van der Waals surface area contributed by atoms with Crippen molar-refractivity contribution in [3.8, 4) is 0 Å². The summed E-state index contributed by atoms with van der Waals surface area (Å²) in [7, 11) is 2.11. The minimum atomic E-state index is 0.0856. The third kappa shape index (κ3) is 2.39. The molecule has 0 radical (unpaired) electrons. The fourth-order valence-corrected chi connectivity index (χ4v) is 2.92. The maximum atomic E-state index is 11.4. The van der Waals surface area contributed by atoms with Crippen LogP contribution in [0.5, 0.6) is 0 Å². The van der Waals surface area contributed by atoms with Crippen LogP contribution in [0.2, 0.25) is 0 Å². The van der Waals surface area contributed by atoms with Gasteiger partial charge in [-0.25, -0.2) is 0 Å². The van der Waals surface area contributed by atoms with Crippen LogP contribution in [-0.2, 0) is 11.2 Å². The van der Waals surface area contributed by atoms with E-state index in [-0.39, 0.29) is 5.91 Å². The zero-order chi connectivity index (χ0) is 13.4. The Hall–Kier alpha value is -1.71. The molecular weight excluding hydrogens is 238 g/mol. The number of amides is 1. The number of nitrogens with one attached hydrogen (secondary N) is 1. The van der Waals surface area contributed by atoms with Gasteiger partial charge in [0.15, 0.2) is 0 Å². The molecular formula is C15H21N3O. The van der Waals surface area contributed by atoms with Crippen LogP contribution in [0.4, 0.5) is 17.1 Å². The molecule has 19 heavy (non-hydrogen) atoms. The highest BCUT2D eigenvalue weighted by atomic mass is 16.1. The first kappa shape index (κ1) is 12.3. The second kappa shape index (κ2) is 4.76. The van der Waals surface area contributed by atoms with E-state index >= 15 is 0 Å². The average Bonchev–Trinajstić information content (AvgIpc) is 2.32. The molecule has 3 rings (SSSR count). The standard InChI is InChI=1S/C15H21N3O/c1-18(9-10-3-2-4-10)14-7-11-5-6-15(19)17-13(11)8-12(14)16/h7-8,10H,2-6,9,16H2,1H3,(H,17,19). The van der Waals surface area contributed by atoms with Crippen molar-refractivity contribution in [3.05, 3.63) is 17.7 Å². The van der Waals surface area contributed by atoms with E-state index in [1.165, 1.54) is 24.8 Å². The van der Waals surface area contributed by atoms with Crippen molar-refractivity contribution in [3.63, 3.8) is 0 Å². The number of aryl methyl sites for hydroxylation is 1. The maximum Gasteiger partial charge on any atom is 0.224 e. The van der Waals surface area contributed by atoms with Crippen LogP contribution in [0.25, 0.3) is 0 Å². The number of benzene rings is 1. The molecule has 0 bridgehead atoms. The molecule has 1 aliphatic heterocycles. The van der Waals surface area contributed by atoms with Crippen molar-refractivity contribution >= 4 is 23.0 Å². The molecule has 1 aromatic rings. The molecule has 1 saturated carbocycles. The Balaban J connectivity index is 1.83. The van der Waals surface area contributed by atoms with Crippen molar-refractivity contribution in [2.75, 3.05) is 29.5 Å². The molecule has 4 heteroatoms. The lowest BCUT2D eigenvalue weighted by Gasteiger charge is -2.32. The zero-order valence-electron chi connectivity index (χ0n) is 11.4. The number of anilines is 3. The largest absolute Gasteiger partial charge is 0.397 e. The summed E-state index contributed by atoms with van der Waals surface area (Å²) < 4.78 is 0. The molecule has 1 heterocycles. The number of hydrogen-bond donors (Lipinski definition) is 2. The minimum absolute atomic E-state index is 0.0856. The van der Waals surface area contributed by atoms with E-state index in [0.29, 0.717) is 6.42 Å². The number of carbonyl (C=O) groups excluding carboxylic acids is 1. The monoisotopic (exact) mass is 259 g/mol. The summed E-state index contributed by atoms with van der Waals surface area (Å²) in [6, 6.07) is 4.04. The van der Waals surface area contributed by atoms with Gasteiger partial charge in [-0.2, -0.15) is 0 Å². The van der Waals surface area contributed by atoms with Crippen LogP contribution < -0.4 is 16.0 Å². The molecule has 3 N–H and O–H groups in total. The van der Waals surface area contributed by atoms with Crippen LogP contribution in [0.3, 0.4) is 0 Å². The van der Waals surface area contributed by atoms with Crippen molar-refractivity contribution in [1.82, 2.24) is 0 Å². The minimum Gasteiger partial charge on any atom is -0.397 e. The number of nitrogen functional groups attached to an aromatic ring is 1. The summed E-state index contributed by atoms with van der Waals surface area (Å²) in [6.07, 6.45) is 5.43. The number of hydrogen-bond acceptors (Lipinski definition) is 3. The topological polar surface area (TPSA) is 58.4 Å². The summed E-state index contributed by atoms with van der Waals surface area (Å²) in [5.41, 5.74) is 10.1. The third-order valence-electron chi connectivity index (χ3n) is 4.32. The molecule has 1 amide bonds. The van der Waals surface area contributed by atoms with Gasteiger partial charge in [0, 0.05) is 25.7 Å². The summed E-state index contributed by atoms with van der Waals surface area (Å²) >= 11 is 0. The van der Waals surface area contributed by atoms with E-state index in [9.17, 15) is 4.79 Å². The van der Waals surface area contributed by atoms with Gasteiger partial charge in [0.2, 0.25) is 5.91 Å². The molecule has 0 aromatic heterocycles. The van der Waals surface area contributed by atoms with E-state index < -0.39 is 0 Å². The Labute approximate surface area is 114 Å². The quantitative estimate of drug-likeness (QED) is 0.819. The van der Waals surface area contributed by atoms with Gasteiger partial charge in [-0.1, -0.05) is 6.42 Å². The van der Waals surface area contributed by atoms with E-state index in [4.69, 9.17) is 5.73 Å². The summed E-state index contributed by atoms with van der Waals surface area (Å²) in [6.45, 7) is 1.08. The fourth-order valence-electron chi connectivity index (χ4n) is 2.92. The average molecular weight is 259 g/mol. The van der Waals surface area contributed by atoms with Crippen LogP contribution in [0.15, 0.2) is 12.1 Å². The van der Waals surface area contributed by atoms with E-state index in [1.54, 1.807) is 0 Å². The van der Waals surface area contributed by atoms with Crippen molar-refractivity contribution in [2.45, 2.75) is 32.1 Å². The highest BCUT2D eigenvalue weighted by Gasteiger charge is 2.22. The lowest BCUT2D eigenvalue weighted by Crippen LogP contribution is -2.30. The molecule has 1 aromatic carbocycles. The van der Waals surface area contributed by atoms with E-state index in [1.807, 2.05) is 6.07 Å². The first-order valence-electron chi connectivity index (χ1n) is 7.07. The lowest BCUT2D eigenvalue weighted by atomic mass is 9.85. The van der Waals surface area contributed by atoms with Gasteiger partial charge in [0.05, 0.1) is 11.4 Å². The Morgan fingerprint density at radius 1 is 1.37 bits per heavy atom. The molecule has 2 aliphatic rings. The SMILES string of the molecule is CN(CC1CCC1)c1cc2c(cc1N)NC(=O)CC2. The normalized spacial score (nSPS) is 18.5. The second-order valence-electron chi connectivity index (χ2n) is 5.79. The van der Waals surface area contributed by atoms with Crippen LogP contribution in [-0.4, -0.2) is 19.5 Å². The predicted octanol–water partition coefficient (Wildman–Crippen LogP) is 2.39. The van der Waals surface area contributed by atoms with Gasteiger partial charge < -0.3 is 16.0 Å². The highest BCUT2D eigenvalue weighted by molar-refractivity contribution is 5.95. The molecule has 1 aliphatic carbocycles. The predicted molar refractivity (Wildman–Crippen MR) is 78.4 cm³/mol. The van der Waals surface area contributed by atoms with Gasteiger partial charge in [-0.05, 0) is 42.9 Å². The first-order chi connectivity index (χ1) is 9.13. The summed E-state index contributed by atoms with van der Waals surface area (Å²) in [5, 5.41) is 2.89. The number of fused-ring (bicyclic) bond motifs is 1. The van der Waals surface area contributed by atoms with Crippen molar-refractivity contribution in [2.24, 2.45) is 5.92 Å². The molecule has 0 spiro atoms. The van der Waals surface area contributed by atoms with Crippen molar-refractivity contribution < 1.29 is 4.79 Å². The highest BCUT2D eigenvalue weighted by Crippen LogP contribution is 2.34. The molecule has 0 atom stereocenters. The van der Waals surface area contributed by atoms with Crippen molar-refractivity contribution in [1.29, 1.82) is 0 Å². The molecule has 0 unspecified atom stereocenters. The molecule has 4 nitrogen and oxygen atoms in total. The van der Waals surface area contributed by atoms with Gasteiger partial charge in [0.25, 0.3) is 0 Å². The fraction of sp³-hybridized carbons (Fsp3) is 0.533. The zero-order valence-corrected chi connectivity index (χ0v) is 11.4. The molecule has 1 fully saturated rings. The Morgan fingerprint density at radius 2 is 2.16 bits per heavy atom. The second-order valence-corrected chi connectivity index (χ2v) is 5.79. The Morgan fingerprint density at radius 3 is 2.84 bits per heavy atom. The van der Waals surface area contributed by atoms with E-state index in [2.05, 4.69) is 23.3 Å². The van der Waals surface area contributed by atoms with Crippen LogP contribution in [0.1, 0.15) is 31.2 Å². The maximum absolute atomic E-state index is 11.4. The van der Waals surface area contributed by atoms with Gasteiger partial charge >= 0.3 is 0 Å². The van der Waals surface area contributed by atoms with Gasteiger partial charge in [0.1, 0.15) is 0 Å². The molecule has 0 saturated heterocycles. The lowest BCUT2D eigenvalue weighted by molar-refractivity contribution is -0.116. The first-order valence-corrected chi connectivity index (χ1v) is 7.07. The van der Waals surface area contributed by atoms with E-state index in [0.717, 1.165) is 35.9 Å². The van der Waals surface area contributed by atoms with Gasteiger partial charge in [-0.15, -0.1) is 0 Å². The number of carbonyl (C=O) groups is 1.